The van der Waals surface area contributed by atoms with Crippen molar-refractivity contribution in [2.45, 2.75) is 50.6 Å². The molecule has 0 atom stereocenters. The Kier molecular flexibility index (Phi) is 5.12. The predicted octanol–water partition coefficient (Wildman–Crippen LogP) is 2.90. The number of aromatic nitrogens is 2. The second-order valence-corrected chi connectivity index (χ2v) is 7.40. The largest absolute Gasteiger partial charge is 0.493 e. The Balaban J connectivity index is 1.52. The number of carbonyl (C=O) groups excluding carboxylic acids is 2. The van der Waals surface area contributed by atoms with Gasteiger partial charge in [0, 0.05) is 5.56 Å². The fourth-order valence-electron chi connectivity index (χ4n) is 4.04. The number of amides is 3. The maximum Gasteiger partial charge on any atom is 0.325 e. The van der Waals surface area contributed by atoms with Crippen molar-refractivity contribution >= 4 is 11.9 Å². The summed E-state index contributed by atoms with van der Waals surface area (Å²) in [6.07, 6.45) is 5.39. The van der Waals surface area contributed by atoms with E-state index in [1.165, 1.54) is 4.90 Å². The average molecular weight is 400 g/mol. The summed E-state index contributed by atoms with van der Waals surface area (Å²) in [5.41, 5.74) is -0.102. The molecule has 1 spiro atoms. The van der Waals surface area contributed by atoms with E-state index in [9.17, 15) is 9.59 Å². The van der Waals surface area contributed by atoms with Gasteiger partial charge in [0.1, 0.15) is 12.1 Å². The fraction of sp³-hybridized carbons (Fsp3) is 0.500. The molecule has 4 rings (SSSR count). The molecule has 2 heterocycles. The van der Waals surface area contributed by atoms with Crippen LogP contribution in [0.15, 0.2) is 22.7 Å². The van der Waals surface area contributed by atoms with Crippen LogP contribution in [-0.4, -0.2) is 46.7 Å². The third kappa shape index (κ3) is 3.52. The van der Waals surface area contributed by atoms with Gasteiger partial charge < -0.3 is 19.3 Å². The van der Waals surface area contributed by atoms with Gasteiger partial charge in [0.2, 0.25) is 11.7 Å². The molecule has 1 aromatic carbocycles. The quantitative estimate of drug-likeness (QED) is 0.769. The molecular weight excluding hydrogens is 376 g/mol. The number of carbonyl (C=O) groups is 2. The smallest absolute Gasteiger partial charge is 0.325 e. The van der Waals surface area contributed by atoms with E-state index in [4.69, 9.17) is 14.0 Å². The number of ether oxygens (including phenoxy) is 2. The molecule has 3 amide bonds. The molecule has 2 aliphatic rings. The summed E-state index contributed by atoms with van der Waals surface area (Å²) >= 11 is 0. The van der Waals surface area contributed by atoms with Gasteiger partial charge in [-0.05, 0) is 31.0 Å². The minimum atomic E-state index is -0.778. The number of urea groups is 1. The first-order valence-corrected chi connectivity index (χ1v) is 9.75. The number of rotatable bonds is 5. The number of hydrogen-bond donors (Lipinski definition) is 1. The number of hydrogen-bond acceptors (Lipinski definition) is 7. The van der Waals surface area contributed by atoms with Gasteiger partial charge in [-0.25, -0.2) is 4.79 Å². The first-order valence-electron chi connectivity index (χ1n) is 9.75. The van der Waals surface area contributed by atoms with Gasteiger partial charge >= 0.3 is 6.03 Å². The van der Waals surface area contributed by atoms with Gasteiger partial charge in [-0.15, -0.1) is 0 Å². The van der Waals surface area contributed by atoms with E-state index in [0.717, 1.165) is 25.7 Å². The third-order valence-electron chi connectivity index (χ3n) is 5.61. The van der Waals surface area contributed by atoms with E-state index in [1.54, 1.807) is 32.4 Å². The number of benzene rings is 1. The summed E-state index contributed by atoms with van der Waals surface area (Å²) in [7, 11) is 3.10. The second-order valence-electron chi connectivity index (χ2n) is 7.40. The molecule has 1 aromatic heterocycles. The van der Waals surface area contributed by atoms with E-state index in [1.807, 2.05) is 0 Å². The molecule has 9 heteroatoms. The van der Waals surface area contributed by atoms with Gasteiger partial charge in [-0.1, -0.05) is 30.8 Å². The SMILES string of the molecule is COc1ccc(-c2noc(CN3C(=O)NC4(CCCCCC4)C3=O)n2)cc1OC. The maximum absolute atomic E-state index is 13.0. The van der Waals surface area contributed by atoms with Crippen LogP contribution >= 0.6 is 0 Å². The van der Waals surface area contributed by atoms with Crippen LogP contribution in [0.4, 0.5) is 4.79 Å². The van der Waals surface area contributed by atoms with Gasteiger partial charge in [-0.3, -0.25) is 9.69 Å². The summed E-state index contributed by atoms with van der Waals surface area (Å²) in [5.74, 6) is 1.48. The first-order chi connectivity index (χ1) is 14.1. The Morgan fingerprint density at radius 1 is 1.10 bits per heavy atom. The molecule has 1 N–H and O–H groups in total. The van der Waals surface area contributed by atoms with Crippen molar-refractivity contribution < 1.29 is 23.6 Å². The van der Waals surface area contributed by atoms with Crippen molar-refractivity contribution in [3.8, 4) is 22.9 Å². The van der Waals surface area contributed by atoms with Gasteiger partial charge in [0.15, 0.2) is 11.5 Å². The lowest BCUT2D eigenvalue weighted by atomic mass is 9.90. The third-order valence-corrected chi connectivity index (χ3v) is 5.61. The van der Waals surface area contributed by atoms with E-state index in [0.29, 0.717) is 35.7 Å². The summed E-state index contributed by atoms with van der Waals surface area (Å²) in [4.78, 5) is 31.0. The highest BCUT2D eigenvalue weighted by molar-refractivity contribution is 6.06. The Hall–Kier alpha value is -3.10. The minimum absolute atomic E-state index is 0.0489. The van der Waals surface area contributed by atoms with Crippen molar-refractivity contribution in [1.82, 2.24) is 20.4 Å². The van der Waals surface area contributed by atoms with E-state index in [-0.39, 0.29) is 18.3 Å². The van der Waals surface area contributed by atoms with Crippen LogP contribution in [0.3, 0.4) is 0 Å². The van der Waals surface area contributed by atoms with Crippen molar-refractivity contribution in [3.05, 3.63) is 24.1 Å². The topological polar surface area (TPSA) is 107 Å². The standard InChI is InChI=1S/C20H24N4O5/c1-27-14-8-7-13(11-15(14)28-2)17-21-16(29-23-17)12-24-18(25)20(22-19(24)26)9-5-3-4-6-10-20/h7-8,11H,3-6,9-10,12H2,1-2H3,(H,22,26). The molecule has 2 fully saturated rings. The fourth-order valence-corrected chi connectivity index (χ4v) is 4.04. The molecule has 2 aromatic rings. The van der Waals surface area contributed by atoms with Crippen LogP contribution in [0.25, 0.3) is 11.4 Å². The molecule has 0 radical (unpaired) electrons. The molecule has 154 valence electrons. The Morgan fingerprint density at radius 3 is 2.52 bits per heavy atom. The summed E-state index contributed by atoms with van der Waals surface area (Å²) in [6, 6.07) is 4.87. The zero-order chi connectivity index (χ0) is 20.4. The van der Waals surface area contributed by atoms with Crippen LogP contribution in [0.2, 0.25) is 0 Å². The Labute approximate surface area is 168 Å². The van der Waals surface area contributed by atoms with Crippen molar-refractivity contribution in [2.75, 3.05) is 14.2 Å². The van der Waals surface area contributed by atoms with Crippen LogP contribution in [0, 0.1) is 0 Å². The maximum atomic E-state index is 13.0. The number of nitrogens with one attached hydrogen (secondary N) is 1. The molecule has 9 nitrogen and oxygen atoms in total. The van der Waals surface area contributed by atoms with Gasteiger partial charge in [-0.2, -0.15) is 4.98 Å². The van der Waals surface area contributed by atoms with E-state index in [2.05, 4.69) is 15.5 Å². The molecular formula is C20H24N4O5. The molecule has 29 heavy (non-hydrogen) atoms. The lowest BCUT2D eigenvalue weighted by molar-refractivity contribution is -0.132. The highest BCUT2D eigenvalue weighted by Gasteiger charge is 2.51. The summed E-state index contributed by atoms with van der Waals surface area (Å²) in [5, 5.41) is 6.89. The zero-order valence-corrected chi connectivity index (χ0v) is 16.6. The summed E-state index contributed by atoms with van der Waals surface area (Å²) in [6.45, 7) is -0.0489. The van der Waals surface area contributed by atoms with Crippen molar-refractivity contribution in [1.29, 1.82) is 0 Å². The first kappa shape index (κ1) is 19.2. The zero-order valence-electron chi connectivity index (χ0n) is 16.6. The molecule has 1 aliphatic heterocycles. The molecule has 1 saturated heterocycles. The van der Waals surface area contributed by atoms with E-state index >= 15 is 0 Å². The van der Waals surface area contributed by atoms with Crippen LogP contribution < -0.4 is 14.8 Å². The van der Waals surface area contributed by atoms with Crippen LogP contribution in [0.1, 0.15) is 44.4 Å². The molecule has 1 aliphatic carbocycles. The molecule has 0 unspecified atom stereocenters. The number of imide groups is 1. The normalized spacial score (nSPS) is 18.6. The van der Waals surface area contributed by atoms with Gasteiger partial charge in [0.25, 0.3) is 5.91 Å². The molecule has 0 bridgehead atoms. The minimum Gasteiger partial charge on any atom is -0.493 e. The highest BCUT2D eigenvalue weighted by atomic mass is 16.5. The van der Waals surface area contributed by atoms with Crippen molar-refractivity contribution in [2.24, 2.45) is 0 Å². The Morgan fingerprint density at radius 2 is 1.83 bits per heavy atom. The van der Waals surface area contributed by atoms with Crippen molar-refractivity contribution in [3.63, 3.8) is 0 Å². The van der Waals surface area contributed by atoms with Gasteiger partial charge in [0.05, 0.1) is 14.2 Å². The average Bonchev–Trinajstić information content (AvgIpc) is 3.19. The predicted molar refractivity (Wildman–Crippen MR) is 102 cm³/mol. The monoisotopic (exact) mass is 400 g/mol. The van der Waals surface area contributed by atoms with E-state index < -0.39 is 11.6 Å². The lowest BCUT2D eigenvalue weighted by Crippen LogP contribution is -2.46. The van der Waals surface area contributed by atoms with Crippen LogP contribution in [0.5, 0.6) is 11.5 Å². The molecule has 1 saturated carbocycles. The number of methoxy groups -OCH3 is 2. The second kappa shape index (κ2) is 7.73. The lowest BCUT2D eigenvalue weighted by Gasteiger charge is -2.24. The number of nitrogens with zero attached hydrogens (tertiary/aromatic N) is 3. The highest BCUT2D eigenvalue weighted by Crippen LogP contribution is 2.34. The Bertz CT molecular complexity index is 917. The van der Waals surface area contributed by atoms with Crippen LogP contribution in [-0.2, 0) is 11.3 Å². The summed E-state index contributed by atoms with van der Waals surface area (Å²) < 4.78 is 15.8.